The third-order valence-electron chi connectivity index (χ3n) is 8.33. The summed E-state index contributed by atoms with van der Waals surface area (Å²) >= 11 is 12.2. The molecular weight excluding hydrogens is 701 g/mol. The van der Waals surface area contributed by atoms with Gasteiger partial charge in [-0.25, -0.2) is 18.0 Å². The molecule has 2 saturated carbocycles. The average molecular weight is 745 g/mol. The second-order valence-electron chi connectivity index (χ2n) is 14.6. The van der Waals surface area contributed by atoms with E-state index in [-0.39, 0.29) is 35.1 Å². The maximum atomic E-state index is 14.2. The lowest BCUT2D eigenvalue weighted by molar-refractivity contribution is -0.143. The van der Waals surface area contributed by atoms with E-state index in [1.807, 2.05) is 0 Å². The Hall–Kier alpha value is -3.56. The summed E-state index contributed by atoms with van der Waals surface area (Å²) in [6.07, 6.45) is -0.611. The molecule has 0 bridgehead atoms. The molecule has 5 amide bonds. The third kappa shape index (κ3) is 9.17. The lowest BCUT2D eigenvalue weighted by Crippen LogP contribution is -2.60. The van der Waals surface area contributed by atoms with Crippen molar-refractivity contribution in [3.8, 4) is 0 Å². The lowest BCUT2D eigenvalue weighted by Gasteiger charge is -2.36. The van der Waals surface area contributed by atoms with E-state index in [0.717, 1.165) is 0 Å². The zero-order valence-corrected chi connectivity index (χ0v) is 30.6. The van der Waals surface area contributed by atoms with Gasteiger partial charge in [0.05, 0.1) is 27.5 Å². The van der Waals surface area contributed by atoms with E-state index >= 15 is 0 Å². The highest BCUT2D eigenvalue weighted by atomic mass is 35.5. The summed E-state index contributed by atoms with van der Waals surface area (Å²) < 4.78 is 38.2. The first-order valence-electron chi connectivity index (χ1n) is 15.8. The van der Waals surface area contributed by atoms with E-state index in [9.17, 15) is 32.4 Å². The van der Waals surface area contributed by atoms with Gasteiger partial charge in [0.25, 0.3) is 5.91 Å². The summed E-state index contributed by atoms with van der Waals surface area (Å²) in [6, 6.07) is 2.12. The molecule has 1 heterocycles. The molecule has 270 valence electrons. The number of hydrogen-bond acceptors (Lipinski definition) is 9. The normalized spacial score (nSPS) is 24.2. The predicted octanol–water partition coefficient (Wildman–Crippen LogP) is 4.12. The SMILES string of the molecule is C=CC1CC1(NC(=O)[C@H]1C[C@@H](OC(=O)Nc2cccc(Cl)c2Cl)CN1C(=O)[C@@H](NC(=O)OC(C)(C)C)C(C)(C)C)C(=O)NS(=O)(=O)C1CC1. The van der Waals surface area contributed by atoms with Crippen molar-refractivity contribution in [3.63, 3.8) is 0 Å². The van der Waals surface area contributed by atoms with Crippen molar-refractivity contribution in [1.29, 1.82) is 0 Å². The molecule has 0 spiro atoms. The van der Waals surface area contributed by atoms with Crippen molar-refractivity contribution in [3.05, 3.63) is 40.9 Å². The summed E-state index contributed by atoms with van der Waals surface area (Å²) in [5, 5.41) is 7.38. The minimum absolute atomic E-state index is 0.0799. The molecule has 0 aromatic heterocycles. The average Bonchev–Trinajstić information content (AvgIpc) is 3.89. The second-order valence-corrected chi connectivity index (χ2v) is 17.4. The highest BCUT2D eigenvalue weighted by Gasteiger charge is 2.62. The number of anilines is 1. The molecule has 4 rings (SSSR count). The fourth-order valence-corrected chi connectivity index (χ4v) is 7.24. The minimum Gasteiger partial charge on any atom is -0.444 e. The molecule has 1 aliphatic heterocycles. The van der Waals surface area contributed by atoms with Crippen LogP contribution in [0.4, 0.5) is 15.3 Å². The van der Waals surface area contributed by atoms with Crippen molar-refractivity contribution in [2.24, 2.45) is 11.3 Å². The van der Waals surface area contributed by atoms with Crippen LogP contribution in [0, 0.1) is 11.3 Å². The molecule has 14 nitrogen and oxygen atoms in total. The van der Waals surface area contributed by atoms with Crippen molar-refractivity contribution in [2.45, 2.75) is 102 Å². The van der Waals surface area contributed by atoms with Crippen LogP contribution in [0.5, 0.6) is 0 Å². The number of amides is 5. The van der Waals surface area contributed by atoms with Gasteiger partial charge in [0.15, 0.2) is 0 Å². The molecule has 2 aliphatic carbocycles. The summed E-state index contributed by atoms with van der Waals surface area (Å²) in [4.78, 5) is 68.5. The van der Waals surface area contributed by atoms with Crippen LogP contribution in [0.15, 0.2) is 30.9 Å². The Morgan fingerprint density at radius 3 is 2.27 bits per heavy atom. The molecule has 5 atom stereocenters. The number of sulfonamides is 1. The van der Waals surface area contributed by atoms with Gasteiger partial charge >= 0.3 is 12.2 Å². The summed E-state index contributed by atoms with van der Waals surface area (Å²) in [6.45, 7) is 13.6. The highest BCUT2D eigenvalue weighted by Crippen LogP contribution is 2.45. The number of alkyl carbamates (subject to hydrolysis) is 1. The largest absolute Gasteiger partial charge is 0.444 e. The Morgan fingerprint density at radius 2 is 1.71 bits per heavy atom. The highest BCUT2D eigenvalue weighted by molar-refractivity contribution is 7.91. The fraction of sp³-hybridized carbons (Fsp3) is 0.594. The molecule has 1 aromatic carbocycles. The lowest BCUT2D eigenvalue weighted by atomic mass is 9.85. The quantitative estimate of drug-likeness (QED) is 0.256. The van der Waals surface area contributed by atoms with Gasteiger partial charge in [-0.15, -0.1) is 6.58 Å². The maximum Gasteiger partial charge on any atom is 0.412 e. The Bertz CT molecular complexity index is 1640. The van der Waals surface area contributed by atoms with Crippen LogP contribution in [-0.4, -0.2) is 84.3 Å². The first-order chi connectivity index (χ1) is 22.6. The van der Waals surface area contributed by atoms with Gasteiger partial charge in [-0.1, -0.05) is 56.1 Å². The zero-order chi connectivity index (χ0) is 36.7. The first kappa shape index (κ1) is 38.2. The molecule has 4 N–H and O–H groups in total. The monoisotopic (exact) mass is 743 g/mol. The van der Waals surface area contributed by atoms with Crippen LogP contribution in [0.1, 0.15) is 67.2 Å². The second kappa shape index (κ2) is 14.0. The van der Waals surface area contributed by atoms with Crippen LogP contribution >= 0.6 is 23.2 Å². The number of carbonyl (C=O) groups excluding carboxylic acids is 5. The van der Waals surface area contributed by atoms with E-state index in [2.05, 4.69) is 27.3 Å². The van der Waals surface area contributed by atoms with Crippen LogP contribution in [0.2, 0.25) is 10.0 Å². The van der Waals surface area contributed by atoms with Crippen molar-refractivity contribution >= 4 is 68.8 Å². The zero-order valence-electron chi connectivity index (χ0n) is 28.2. The molecule has 3 fully saturated rings. The summed E-state index contributed by atoms with van der Waals surface area (Å²) in [7, 11) is -3.93. The van der Waals surface area contributed by atoms with Gasteiger partial charge in [0.1, 0.15) is 29.3 Å². The van der Waals surface area contributed by atoms with Crippen molar-refractivity contribution in [1.82, 2.24) is 20.3 Å². The molecule has 2 unspecified atom stereocenters. The number of nitrogens with zero attached hydrogens (tertiary/aromatic N) is 1. The van der Waals surface area contributed by atoms with Crippen LogP contribution in [-0.2, 0) is 33.9 Å². The molecule has 1 aromatic rings. The number of carbonyl (C=O) groups is 5. The molecule has 0 radical (unpaired) electrons. The number of hydrogen-bond donors (Lipinski definition) is 4. The van der Waals surface area contributed by atoms with Gasteiger partial charge in [-0.05, 0) is 57.6 Å². The van der Waals surface area contributed by atoms with Gasteiger partial charge in [0, 0.05) is 12.3 Å². The topological polar surface area (TPSA) is 189 Å². The predicted molar refractivity (Wildman–Crippen MR) is 182 cm³/mol. The van der Waals surface area contributed by atoms with Crippen LogP contribution in [0.3, 0.4) is 0 Å². The van der Waals surface area contributed by atoms with Crippen LogP contribution < -0.4 is 20.7 Å². The number of nitrogens with one attached hydrogen (secondary N) is 4. The maximum absolute atomic E-state index is 14.2. The van der Waals surface area contributed by atoms with Gasteiger partial charge in [-0.3, -0.25) is 24.4 Å². The molecule has 17 heteroatoms. The number of rotatable bonds is 10. The van der Waals surface area contributed by atoms with E-state index in [4.69, 9.17) is 32.7 Å². The molecular formula is C32H43Cl2N5O9S. The standard InChI is InChI=1S/C32H43Cl2N5O9S/c1-8-17-15-32(17,27(42)38-49(45,46)19-12-13-19)37-25(40)22-14-18(47-28(43)35-21-11-9-10-20(33)23(21)34)16-39(22)26(41)24(30(2,3)4)36-29(44)48-31(5,6)7/h8-11,17-19,22,24H,1,12-16H2,2-7H3,(H,35,43)(H,36,44)(H,37,40)(H,38,42)/t17?,18-,22-,24-,32?/m1/s1. The van der Waals surface area contributed by atoms with Gasteiger partial charge < -0.3 is 25.0 Å². The van der Waals surface area contributed by atoms with Crippen molar-refractivity contribution < 1.29 is 41.9 Å². The Balaban J connectivity index is 1.59. The van der Waals surface area contributed by atoms with E-state index in [1.54, 1.807) is 47.6 Å². The number of likely N-dealkylation sites (tertiary alicyclic amines) is 1. The smallest absolute Gasteiger partial charge is 0.412 e. The van der Waals surface area contributed by atoms with Gasteiger partial charge in [-0.2, -0.15) is 0 Å². The Morgan fingerprint density at radius 1 is 1.06 bits per heavy atom. The first-order valence-corrected chi connectivity index (χ1v) is 18.1. The van der Waals surface area contributed by atoms with E-state index < -0.39 is 85.8 Å². The van der Waals surface area contributed by atoms with Gasteiger partial charge in [0.2, 0.25) is 21.8 Å². The van der Waals surface area contributed by atoms with E-state index in [1.165, 1.54) is 23.1 Å². The summed E-state index contributed by atoms with van der Waals surface area (Å²) in [5.74, 6) is -2.94. The Labute approximate surface area is 296 Å². The Kier molecular flexibility index (Phi) is 10.9. The van der Waals surface area contributed by atoms with Crippen molar-refractivity contribution in [2.75, 3.05) is 11.9 Å². The number of ether oxygens (including phenoxy) is 2. The van der Waals surface area contributed by atoms with E-state index in [0.29, 0.717) is 12.8 Å². The number of halogens is 2. The minimum atomic E-state index is -3.93. The van der Waals surface area contributed by atoms with Crippen LogP contribution in [0.25, 0.3) is 0 Å². The number of benzene rings is 1. The fourth-order valence-electron chi connectivity index (χ4n) is 5.53. The summed E-state index contributed by atoms with van der Waals surface area (Å²) in [5.41, 5.74) is -3.19. The molecule has 1 saturated heterocycles. The molecule has 3 aliphatic rings. The molecule has 49 heavy (non-hydrogen) atoms. The third-order valence-corrected chi connectivity index (χ3v) is 11.0.